The van der Waals surface area contributed by atoms with Gasteiger partial charge < -0.3 is 4.74 Å². The summed E-state index contributed by atoms with van der Waals surface area (Å²) in [5.74, 6) is 0.231. The van der Waals surface area contributed by atoms with E-state index in [4.69, 9.17) is 39.5 Å². The Hall–Kier alpha value is -1.47. The summed E-state index contributed by atoms with van der Waals surface area (Å²) in [6.45, 7) is -0.580. The van der Waals surface area contributed by atoms with Crippen molar-refractivity contribution in [2.75, 3.05) is 18.0 Å². The molecule has 2 rings (SSSR count). The lowest BCUT2D eigenvalue weighted by atomic mass is 10.3. The van der Waals surface area contributed by atoms with Gasteiger partial charge >= 0.3 is 0 Å². The third-order valence-corrected chi connectivity index (χ3v) is 5.46. The predicted molar refractivity (Wildman–Crippen MR) is 94.8 cm³/mol. The van der Waals surface area contributed by atoms with E-state index >= 15 is 0 Å². The second-order valence-electron chi connectivity index (χ2n) is 4.64. The van der Waals surface area contributed by atoms with Crippen molar-refractivity contribution in [3.05, 3.63) is 52.5 Å². The van der Waals surface area contributed by atoms with Crippen molar-refractivity contribution in [3.63, 3.8) is 0 Å². The molecule has 0 bridgehead atoms. The highest BCUT2D eigenvalue weighted by Crippen LogP contribution is 2.35. The topological polar surface area (TPSA) is 63.7 Å². The van der Waals surface area contributed by atoms with Crippen LogP contribution in [0.1, 0.15) is 0 Å². The number of carbonyl (C=O) groups excluding carboxylic acids is 1. The summed E-state index contributed by atoms with van der Waals surface area (Å²) in [7, 11) is -2.71. The number of anilines is 1. The van der Waals surface area contributed by atoms with Crippen LogP contribution in [-0.4, -0.2) is 27.3 Å². The van der Waals surface area contributed by atoms with E-state index in [0.29, 0.717) is 5.02 Å². The van der Waals surface area contributed by atoms with E-state index in [9.17, 15) is 13.2 Å². The lowest BCUT2D eigenvalue weighted by Gasteiger charge is -2.24. The molecule has 0 atom stereocenters. The fourth-order valence-electron chi connectivity index (χ4n) is 2.00. The van der Waals surface area contributed by atoms with Gasteiger partial charge in [0, 0.05) is 10.0 Å². The lowest BCUT2D eigenvalue weighted by Crippen LogP contribution is -2.34. The number of sulfonamides is 1. The average molecular weight is 409 g/mol. The Kier molecular flexibility index (Phi) is 5.98. The minimum atomic E-state index is -4.08. The standard InChI is InChI=1S/C15H12Cl3NO4S/c1-23-14-7-4-11(17)8-13(14)19(9-15(18)20)24(21,22)12-5-2-10(16)3-6-12/h2-8H,9H2,1H3. The maximum atomic E-state index is 12.9. The van der Waals surface area contributed by atoms with Crippen LogP contribution in [0, 0.1) is 0 Å². The van der Waals surface area contributed by atoms with E-state index in [0.717, 1.165) is 4.31 Å². The molecule has 128 valence electrons. The van der Waals surface area contributed by atoms with Crippen molar-refractivity contribution in [1.29, 1.82) is 0 Å². The number of nitrogens with zero attached hydrogens (tertiary/aromatic N) is 1. The van der Waals surface area contributed by atoms with E-state index in [-0.39, 0.29) is 21.4 Å². The highest BCUT2D eigenvalue weighted by Gasteiger charge is 2.29. The molecule has 2 aromatic carbocycles. The molecule has 0 spiro atoms. The van der Waals surface area contributed by atoms with E-state index in [1.807, 2.05) is 0 Å². The van der Waals surface area contributed by atoms with Crippen molar-refractivity contribution in [3.8, 4) is 5.75 Å². The molecule has 0 saturated heterocycles. The summed E-state index contributed by atoms with van der Waals surface area (Å²) in [5.41, 5.74) is 0.106. The fourth-order valence-corrected chi connectivity index (χ4v) is 3.91. The van der Waals surface area contributed by atoms with Gasteiger partial charge in [0.1, 0.15) is 12.3 Å². The fraction of sp³-hybridized carbons (Fsp3) is 0.133. The van der Waals surface area contributed by atoms with Crippen LogP contribution in [0.5, 0.6) is 5.75 Å². The zero-order valence-corrected chi connectivity index (χ0v) is 15.5. The quantitative estimate of drug-likeness (QED) is 0.679. The Morgan fingerprint density at radius 3 is 2.21 bits per heavy atom. The Labute approximate surface area is 154 Å². The molecular weight excluding hydrogens is 397 g/mol. The van der Waals surface area contributed by atoms with Gasteiger partial charge in [0.25, 0.3) is 10.0 Å². The molecule has 0 aliphatic heterocycles. The molecule has 5 nitrogen and oxygen atoms in total. The first-order valence-electron chi connectivity index (χ1n) is 6.56. The maximum Gasteiger partial charge on any atom is 0.264 e. The molecule has 0 aromatic heterocycles. The van der Waals surface area contributed by atoms with Crippen molar-refractivity contribution in [1.82, 2.24) is 0 Å². The summed E-state index contributed by atoms with van der Waals surface area (Å²) < 4.78 is 31.9. The van der Waals surface area contributed by atoms with Crippen LogP contribution in [0.3, 0.4) is 0 Å². The van der Waals surface area contributed by atoms with Gasteiger partial charge in [-0.25, -0.2) is 8.42 Å². The van der Waals surface area contributed by atoms with Gasteiger partial charge in [0.05, 0.1) is 17.7 Å². The zero-order valence-electron chi connectivity index (χ0n) is 12.4. The Balaban J connectivity index is 2.63. The first-order valence-corrected chi connectivity index (χ1v) is 9.13. The molecule has 0 amide bonds. The molecule has 0 radical (unpaired) electrons. The van der Waals surface area contributed by atoms with Crippen LogP contribution in [0.2, 0.25) is 10.0 Å². The number of halogens is 3. The largest absolute Gasteiger partial charge is 0.495 e. The first kappa shape index (κ1) is 18.9. The molecule has 0 fully saturated rings. The van der Waals surface area contributed by atoms with E-state index in [2.05, 4.69) is 0 Å². The van der Waals surface area contributed by atoms with Crippen LogP contribution in [0.25, 0.3) is 0 Å². The van der Waals surface area contributed by atoms with E-state index in [1.54, 1.807) is 6.07 Å². The highest BCUT2D eigenvalue weighted by molar-refractivity contribution is 7.92. The predicted octanol–water partition coefficient (Wildman–Crippen LogP) is 3.96. The summed E-state index contributed by atoms with van der Waals surface area (Å²) in [6.07, 6.45) is 0. The van der Waals surface area contributed by atoms with Crippen LogP contribution in [0.4, 0.5) is 5.69 Å². The van der Waals surface area contributed by atoms with Crippen molar-refractivity contribution in [2.45, 2.75) is 4.90 Å². The minimum Gasteiger partial charge on any atom is -0.495 e. The number of hydrogen-bond acceptors (Lipinski definition) is 4. The number of benzene rings is 2. The molecule has 0 unspecified atom stereocenters. The molecule has 0 N–H and O–H groups in total. The van der Waals surface area contributed by atoms with Gasteiger partial charge in [-0.2, -0.15) is 0 Å². The second kappa shape index (κ2) is 7.61. The molecule has 0 aliphatic carbocycles. The van der Waals surface area contributed by atoms with Gasteiger partial charge in [-0.15, -0.1) is 0 Å². The van der Waals surface area contributed by atoms with Gasteiger partial charge in [-0.1, -0.05) is 23.2 Å². The molecule has 0 aliphatic rings. The monoisotopic (exact) mass is 407 g/mol. The number of ether oxygens (including phenoxy) is 1. The lowest BCUT2D eigenvalue weighted by molar-refractivity contribution is -0.110. The maximum absolute atomic E-state index is 12.9. The van der Waals surface area contributed by atoms with Crippen LogP contribution < -0.4 is 9.04 Å². The summed E-state index contributed by atoms with van der Waals surface area (Å²) in [5, 5.41) is -0.187. The van der Waals surface area contributed by atoms with E-state index < -0.39 is 21.8 Å². The average Bonchev–Trinajstić information content (AvgIpc) is 2.52. The van der Waals surface area contributed by atoms with Gasteiger partial charge in [-0.05, 0) is 54.1 Å². The van der Waals surface area contributed by atoms with Crippen LogP contribution in [-0.2, 0) is 14.8 Å². The molecule has 2 aromatic rings. The van der Waals surface area contributed by atoms with E-state index in [1.165, 1.54) is 43.5 Å². The Bertz CT molecular complexity index is 854. The Morgan fingerprint density at radius 2 is 1.67 bits per heavy atom. The third kappa shape index (κ3) is 4.13. The SMILES string of the molecule is COc1ccc(Cl)cc1N(CC(=O)Cl)S(=O)(=O)c1ccc(Cl)cc1. The normalized spacial score (nSPS) is 11.2. The van der Waals surface area contributed by atoms with Crippen LogP contribution in [0.15, 0.2) is 47.4 Å². The molecule has 24 heavy (non-hydrogen) atoms. The smallest absolute Gasteiger partial charge is 0.264 e. The van der Waals surface area contributed by atoms with Gasteiger partial charge in [0.2, 0.25) is 5.24 Å². The summed E-state index contributed by atoms with van der Waals surface area (Å²) >= 11 is 17.2. The number of carbonyl (C=O) groups is 1. The summed E-state index contributed by atoms with van der Waals surface area (Å²) in [4.78, 5) is 11.4. The number of methoxy groups -OCH3 is 1. The van der Waals surface area contributed by atoms with Crippen molar-refractivity contribution < 1.29 is 17.9 Å². The van der Waals surface area contributed by atoms with Crippen molar-refractivity contribution >= 4 is 55.8 Å². The highest BCUT2D eigenvalue weighted by atomic mass is 35.5. The number of hydrogen-bond donors (Lipinski definition) is 0. The van der Waals surface area contributed by atoms with Gasteiger partial charge in [0.15, 0.2) is 0 Å². The molecular formula is C15H12Cl3NO4S. The molecule has 0 saturated carbocycles. The third-order valence-electron chi connectivity index (χ3n) is 3.08. The summed E-state index contributed by atoms with van der Waals surface area (Å²) in [6, 6.07) is 9.96. The second-order valence-corrected chi connectivity index (χ2v) is 7.79. The Morgan fingerprint density at radius 1 is 1.08 bits per heavy atom. The zero-order chi connectivity index (χ0) is 17.9. The van der Waals surface area contributed by atoms with Gasteiger partial charge in [-0.3, -0.25) is 9.10 Å². The van der Waals surface area contributed by atoms with Crippen LogP contribution >= 0.6 is 34.8 Å². The first-order chi connectivity index (χ1) is 11.3. The minimum absolute atomic E-state index is 0.0492. The molecule has 9 heteroatoms. The number of rotatable bonds is 6. The molecule has 0 heterocycles. The van der Waals surface area contributed by atoms with Crippen molar-refractivity contribution in [2.24, 2.45) is 0 Å².